The van der Waals surface area contributed by atoms with Crippen LogP contribution in [0.4, 0.5) is 0 Å². The van der Waals surface area contributed by atoms with Crippen molar-refractivity contribution in [2.45, 2.75) is 6.42 Å². The molecule has 0 bridgehead atoms. The Labute approximate surface area is 106 Å². The molecule has 0 unspecified atom stereocenters. The lowest BCUT2D eigenvalue weighted by Gasteiger charge is -1.97. The molecule has 7 nitrogen and oxygen atoms in total. The van der Waals surface area contributed by atoms with Gasteiger partial charge >= 0.3 is 5.97 Å². The number of carboxylic acid groups (broad SMARTS) is 1. The molecule has 0 spiro atoms. The van der Waals surface area contributed by atoms with Crippen molar-refractivity contribution in [3.05, 3.63) is 36.5 Å². The molecule has 1 N–H and O–H groups in total. The van der Waals surface area contributed by atoms with Gasteiger partial charge in [0.25, 0.3) is 0 Å². The highest BCUT2D eigenvalue weighted by atomic mass is 16.5. The molecular formula is C12H8N4O3. The second kappa shape index (κ2) is 4.45. The highest BCUT2D eigenvalue weighted by molar-refractivity contribution is 5.79. The van der Waals surface area contributed by atoms with Gasteiger partial charge in [-0.3, -0.25) is 14.8 Å². The van der Waals surface area contributed by atoms with Gasteiger partial charge in [0, 0.05) is 18.0 Å². The van der Waals surface area contributed by atoms with Crippen LogP contribution >= 0.6 is 0 Å². The van der Waals surface area contributed by atoms with E-state index in [4.69, 9.17) is 9.63 Å². The standard InChI is InChI=1S/C12H8N4O3/c17-11(18)6-10-15-12(16-19-10)7-1-2-8-9(5-7)14-4-3-13-8/h1-5H,6H2,(H,17,18). The maximum atomic E-state index is 10.5. The Morgan fingerprint density at radius 1 is 1.21 bits per heavy atom. The van der Waals surface area contributed by atoms with Crippen LogP contribution in [0.15, 0.2) is 35.1 Å². The third kappa shape index (κ3) is 2.25. The molecule has 0 atom stereocenters. The van der Waals surface area contributed by atoms with Crippen molar-refractivity contribution in [1.29, 1.82) is 0 Å². The van der Waals surface area contributed by atoms with E-state index >= 15 is 0 Å². The van der Waals surface area contributed by atoms with Crippen LogP contribution in [0.1, 0.15) is 5.89 Å². The van der Waals surface area contributed by atoms with E-state index in [9.17, 15) is 4.79 Å². The van der Waals surface area contributed by atoms with Crippen molar-refractivity contribution in [1.82, 2.24) is 20.1 Å². The molecule has 94 valence electrons. The summed E-state index contributed by atoms with van der Waals surface area (Å²) in [7, 11) is 0. The Hall–Kier alpha value is -2.83. The van der Waals surface area contributed by atoms with Crippen molar-refractivity contribution < 1.29 is 14.4 Å². The largest absolute Gasteiger partial charge is 0.481 e. The number of rotatable bonds is 3. The topological polar surface area (TPSA) is 102 Å². The van der Waals surface area contributed by atoms with Gasteiger partial charge in [-0.1, -0.05) is 5.16 Å². The quantitative estimate of drug-likeness (QED) is 0.753. The van der Waals surface area contributed by atoms with Crippen molar-refractivity contribution in [2.24, 2.45) is 0 Å². The number of benzene rings is 1. The first-order valence-electron chi connectivity index (χ1n) is 5.48. The second-order valence-corrected chi connectivity index (χ2v) is 3.84. The van der Waals surface area contributed by atoms with Crippen LogP contribution in [0, 0.1) is 0 Å². The minimum Gasteiger partial charge on any atom is -0.481 e. The molecule has 0 amide bonds. The summed E-state index contributed by atoms with van der Waals surface area (Å²) >= 11 is 0. The summed E-state index contributed by atoms with van der Waals surface area (Å²) in [5, 5.41) is 12.4. The number of aliphatic carboxylic acids is 1. The molecule has 0 aliphatic rings. The number of fused-ring (bicyclic) bond motifs is 1. The van der Waals surface area contributed by atoms with Crippen LogP contribution in [0.25, 0.3) is 22.4 Å². The Bertz CT molecular complexity index is 753. The minimum absolute atomic E-state index is 0.0711. The minimum atomic E-state index is -1.01. The van der Waals surface area contributed by atoms with Crippen molar-refractivity contribution >= 4 is 17.0 Å². The molecular weight excluding hydrogens is 248 g/mol. The smallest absolute Gasteiger partial charge is 0.312 e. The fourth-order valence-electron chi connectivity index (χ4n) is 1.68. The van der Waals surface area contributed by atoms with Gasteiger partial charge in [0.05, 0.1) is 11.0 Å². The van der Waals surface area contributed by atoms with E-state index in [-0.39, 0.29) is 12.3 Å². The first-order valence-corrected chi connectivity index (χ1v) is 5.48. The van der Waals surface area contributed by atoms with Gasteiger partial charge in [0.1, 0.15) is 6.42 Å². The molecule has 0 fully saturated rings. The van der Waals surface area contributed by atoms with Crippen LogP contribution in [-0.4, -0.2) is 31.2 Å². The van der Waals surface area contributed by atoms with Crippen LogP contribution in [0.5, 0.6) is 0 Å². The van der Waals surface area contributed by atoms with E-state index in [0.717, 1.165) is 5.52 Å². The van der Waals surface area contributed by atoms with Gasteiger partial charge in [-0.25, -0.2) is 0 Å². The lowest BCUT2D eigenvalue weighted by Crippen LogP contribution is -1.99. The van der Waals surface area contributed by atoms with Crippen LogP contribution in [0.3, 0.4) is 0 Å². The molecule has 3 rings (SSSR count). The van der Waals surface area contributed by atoms with Gasteiger partial charge in [-0.15, -0.1) is 0 Å². The van der Waals surface area contributed by atoms with Gasteiger partial charge < -0.3 is 9.63 Å². The number of aromatic nitrogens is 4. The Morgan fingerprint density at radius 2 is 2.00 bits per heavy atom. The molecule has 0 aliphatic heterocycles. The monoisotopic (exact) mass is 256 g/mol. The molecule has 0 saturated carbocycles. The summed E-state index contributed by atoms with van der Waals surface area (Å²) in [5.41, 5.74) is 2.18. The van der Waals surface area contributed by atoms with Crippen molar-refractivity contribution in [3.63, 3.8) is 0 Å². The van der Waals surface area contributed by atoms with Crippen LogP contribution in [-0.2, 0) is 11.2 Å². The van der Waals surface area contributed by atoms with Crippen molar-refractivity contribution in [2.75, 3.05) is 0 Å². The van der Waals surface area contributed by atoms with E-state index in [1.54, 1.807) is 30.6 Å². The average molecular weight is 256 g/mol. The lowest BCUT2D eigenvalue weighted by molar-refractivity contribution is -0.136. The Balaban J connectivity index is 1.99. The fraction of sp³-hybridized carbons (Fsp3) is 0.0833. The Kier molecular flexibility index (Phi) is 2.64. The molecule has 7 heteroatoms. The Morgan fingerprint density at radius 3 is 2.79 bits per heavy atom. The molecule has 19 heavy (non-hydrogen) atoms. The predicted molar refractivity (Wildman–Crippen MR) is 64.2 cm³/mol. The van der Waals surface area contributed by atoms with E-state index in [1.165, 1.54) is 0 Å². The van der Waals surface area contributed by atoms with Gasteiger partial charge in [0.2, 0.25) is 11.7 Å². The van der Waals surface area contributed by atoms with E-state index in [1.807, 2.05) is 0 Å². The SMILES string of the molecule is O=C(O)Cc1nc(-c2ccc3nccnc3c2)no1. The molecule has 3 aromatic rings. The molecule has 0 radical (unpaired) electrons. The third-order valence-corrected chi connectivity index (χ3v) is 2.50. The zero-order valence-corrected chi connectivity index (χ0v) is 9.65. The summed E-state index contributed by atoms with van der Waals surface area (Å²) < 4.78 is 4.86. The van der Waals surface area contributed by atoms with Gasteiger partial charge in [-0.05, 0) is 18.2 Å². The third-order valence-electron chi connectivity index (χ3n) is 2.50. The number of hydrogen-bond donors (Lipinski definition) is 1. The van der Waals surface area contributed by atoms with Crippen molar-refractivity contribution in [3.8, 4) is 11.4 Å². The molecule has 1 aromatic carbocycles. The highest BCUT2D eigenvalue weighted by Crippen LogP contribution is 2.19. The maximum Gasteiger partial charge on any atom is 0.312 e. The molecule has 2 aromatic heterocycles. The molecule has 0 saturated heterocycles. The second-order valence-electron chi connectivity index (χ2n) is 3.84. The number of hydrogen-bond acceptors (Lipinski definition) is 6. The molecule has 0 aliphatic carbocycles. The fourth-order valence-corrected chi connectivity index (χ4v) is 1.68. The first kappa shape index (κ1) is 11.3. The number of nitrogens with zero attached hydrogens (tertiary/aromatic N) is 4. The predicted octanol–water partition coefficient (Wildman–Crippen LogP) is 1.31. The van der Waals surface area contributed by atoms with Crippen LogP contribution in [0.2, 0.25) is 0 Å². The summed E-state index contributed by atoms with van der Waals surface area (Å²) in [6.45, 7) is 0. The van der Waals surface area contributed by atoms with Gasteiger partial charge in [0.15, 0.2) is 0 Å². The lowest BCUT2D eigenvalue weighted by atomic mass is 10.2. The summed E-state index contributed by atoms with van der Waals surface area (Å²) in [5.74, 6) is -0.606. The van der Waals surface area contributed by atoms with Crippen LogP contribution < -0.4 is 0 Å². The number of carbonyl (C=O) groups is 1. The van der Waals surface area contributed by atoms with E-state index in [2.05, 4.69) is 20.1 Å². The van der Waals surface area contributed by atoms with E-state index in [0.29, 0.717) is 16.9 Å². The molecule has 2 heterocycles. The zero-order chi connectivity index (χ0) is 13.2. The zero-order valence-electron chi connectivity index (χ0n) is 9.65. The maximum absolute atomic E-state index is 10.5. The number of carboxylic acids is 1. The van der Waals surface area contributed by atoms with Gasteiger partial charge in [-0.2, -0.15) is 4.98 Å². The first-order chi connectivity index (χ1) is 9.22. The summed E-state index contributed by atoms with van der Waals surface area (Å²) in [6.07, 6.45) is 2.92. The highest BCUT2D eigenvalue weighted by Gasteiger charge is 2.12. The summed E-state index contributed by atoms with van der Waals surface area (Å²) in [4.78, 5) is 22.9. The van der Waals surface area contributed by atoms with E-state index < -0.39 is 5.97 Å². The normalized spacial score (nSPS) is 10.7. The average Bonchev–Trinajstić information content (AvgIpc) is 2.86. The summed E-state index contributed by atoms with van der Waals surface area (Å²) in [6, 6.07) is 5.36.